The average molecular weight is 418 g/mol. The van der Waals surface area contributed by atoms with Crippen molar-refractivity contribution >= 4 is 5.97 Å². The Kier molecular flexibility index (Phi) is 9.95. The number of carbonyl (C=O) groups excluding carboxylic acids is 1. The van der Waals surface area contributed by atoms with E-state index >= 15 is 0 Å². The highest BCUT2D eigenvalue weighted by Crippen LogP contribution is 2.30. The van der Waals surface area contributed by atoms with Gasteiger partial charge in [-0.15, -0.1) is 0 Å². The number of hydrogen-bond donors (Lipinski definition) is 0. The lowest BCUT2D eigenvalue weighted by molar-refractivity contribution is 0.0734. The van der Waals surface area contributed by atoms with E-state index in [9.17, 15) is 4.79 Å². The van der Waals surface area contributed by atoms with Crippen LogP contribution in [-0.4, -0.2) is 12.6 Å². The summed E-state index contributed by atoms with van der Waals surface area (Å²) in [5.41, 5.74) is 1.62. The second-order valence-corrected chi connectivity index (χ2v) is 7.94. The van der Waals surface area contributed by atoms with E-state index in [1.165, 1.54) is 44.9 Å². The second kappa shape index (κ2) is 13.2. The summed E-state index contributed by atoms with van der Waals surface area (Å²) in [6.07, 6.45) is 18.4. The van der Waals surface area contributed by atoms with Gasteiger partial charge in [-0.25, -0.2) is 4.79 Å². The maximum absolute atomic E-state index is 12.4. The molecule has 0 unspecified atom stereocenters. The molecule has 3 nitrogen and oxygen atoms in total. The zero-order chi connectivity index (χ0) is 21.7. The van der Waals surface area contributed by atoms with Gasteiger partial charge in [-0.1, -0.05) is 64.0 Å². The zero-order valence-electron chi connectivity index (χ0n) is 18.5. The van der Waals surface area contributed by atoms with Crippen molar-refractivity contribution in [2.24, 2.45) is 0 Å². The van der Waals surface area contributed by atoms with Crippen LogP contribution >= 0.6 is 0 Å². The minimum Gasteiger partial charge on any atom is -0.494 e. The Bertz CT molecular complexity index is 758. The molecule has 0 aliphatic heterocycles. The SMILES string of the molecule is CCCCCCCCCCOc1ccc(OC(=O)c2ccc([C]3[CH][CH][CH][CH]3)cc2)cc1. The lowest BCUT2D eigenvalue weighted by Gasteiger charge is -2.10. The molecular formula is C28H33O3. The lowest BCUT2D eigenvalue weighted by Crippen LogP contribution is -2.08. The average Bonchev–Trinajstić information content (AvgIpc) is 3.34. The summed E-state index contributed by atoms with van der Waals surface area (Å²) in [5, 5.41) is 0. The Balaban J connectivity index is 1.34. The predicted molar refractivity (Wildman–Crippen MR) is 125 cm³/mol. The Morgan fingerprint density at radius 3 is 1.94 bits per heavy atom. The summed E-state index contributed by atoms with van der Waals surface area (Å²) in [7, 11) is 0. The van der Waals surface area contributed by atoms with Gasteiger partial charge in [-0.2, -0.15) is 0 Å². The van der Waals surface area contributed by atoms with E-state index in [0.717, 1.165) is 30.3 Å². The first-order valence-electron chi connectivity index (χ1n) is 11.5. The number of benzene rings is 2. The zero-order valence-corrected chi connectivity index (χ0v) is 18.5. The topological polar surface area (TPSA) is 35.5 Å². The molecule has 0 bridgehead atoms. The molecule has 0 aromatic heterocycles. The van der Waals surface area contributed by atoms with Crippen LogP contribution in [0.15, 0.2) is 48.5 Å². The molecule has 0 saturated heterocycles. The molecular weight excluding hydrogens is 384 g/mol. The van der Waals surface area contributed by atoms with Crippen LogP contribution in [0.2, 0.25) is 0 Å². The lowest BCUT2D eigenvalue weighted by atomic mass is 9.97. The van der Waals surface area contributed by atoms with Crippen molar-refractivity contribution in [1.29, 1.82) is 0 Å². The van der Waals surface area contributed by atoms with Crippen LogP contribution in [0.1, 0.15) is 74.2 Å². The van der Waals surface area contributed by atoms with E-state index < -0.39 is 0 Å². The molecule has 0 spiro atoms. The first-order chi connectivity index (χ1) is 15.3. The summed E-state index contributed by atoms with van der Waals surface area (Å²) >= 11 is 0. The molecule has 3 rings (SSSR count). The highest BCUT2D eigenvalue weighted by atomic mass is 16.5. The summed E-state index contributed by atoms with van der Waals surface area (Å²) in [5.74, 6) is 2.11. The second-order valence-electron chi connectivity index (χ2n) is 7.94. The van der Waals surface area contributed by atoms with Gasteiger partial charge in [-0.3, -0.25) is 0 Å². The van der Waals surface area contributed by atoms with E-state index in [-0.39, 0.29) is 5.97 Å². The smallest absolute Gasteiger partial charge is 0.343 e. The van der Waals surface area contributed by atoms with Gasteiger partial charge in [0.05, 0.1) is 12.2 Å². The predicted octanol–water partition coefficient (Wildman–Crippen LogP) is 7.18. The molecule has 3 heteroatoms. The summed E-state index contributed by atoms with van der Waals surface area (Å²) < 4.78 is 11.3. The van der Waals surface area contributed by atoms with Gasteiger partial charge in [0.15, 0.2) is 0 Å². The molecule has 0 atom stereocenters. The van der Waals surface area contributed by atoms with Crippen molar-refractivity contribution in [2.75, 3.05) is 6.61 Å². The summed E-state index contributed by atoms with van der Waals surface area (Å²) in [4.78, 5) is 12.4. The van der Waals surface area contributed by atoms with E-state index in [1.807, 2.05) is 49.9 Å². The number of rotatable bonds is 13. The van der Waals surface area contributed by atoms with Crippen molar-refractivity contribution < 1.29 is 14.3 Å². The van der Waals surface area contributed by atoms with Crippen molar-refractivity contribution in [2.45, 2.75) is 58.3 Å². The molecule has 31 heavy (non-hydrogen) atoms. The third-order valence-corrected chi connectivity index (χ3v) is 5.42. The van der Waals surface area contributed by atoms with Crippen molar-refractivity contribution in [3.63, 3.8) is 0 Å². The van der Waals surface area contributed by atoms with Crippen LogP contribution < -0.4 is 9.47 Å². The maximum atomic E-state index is 12.4. The Morgan fingerprint density at radius 2 is 1.29 bits per heavy atom. The number of unbranched alkanes of at least 4 members (excludes halogenated alkanes) is 7. The third-order valence-electron chi connectivity index (χ3n) is 5.42. The van der Waals surface area contributed by atoms with Crippen LogP contribution in [0, 0.1) is 31.6 Å². The largest absolute Gasteiger partial charge is 0.494 e. The van der Waals surface area contributed by atoms with Gasteiger partial charge in [0, 0.05) is 5.92 Å². The number of ether oxygens (including phenoxy) is 2. The highest BCUT2D eigenvalue weighted by molar-refractivity contribution is 5.91. The number of hydrogen-bond acceptors (Lipinski definition) is 3. The van der Waals surface area contributed by atoms with Gasteiger partial charge in [-0.05, 0) is 74.1 Å². The van der Waals surface area contributed by atoms with Crippen molar-refractivity contribution in [3.8, 4) is 11.5 Å². The molecule has 0 heterocycles. The van der Waals surface area contributed by atoms with Gasteiger partial charge in [0.25, 0.3) is 0 Å². The Hall–Kier alpha value is -2.29. The molecule has 0 N–H and O–H groups in total. The number of carbonyl (C=O) groups is 1. The van der Waals surface area contributed by atoms with Crippen molar-refractivity contribution in [3.05, 3.63) is 91.3 Å². The van der Waals surface area contributed by atoms with E-state index in [1.54, 1.807) is 24.3 Å². The molecule has 1 saturated carbocycles. The monoisotopic (exact) mass is 417 g/mol. The molecule has 2 aromatic carbocycles. The normalized spacial score (nSPS) is 14.0. The van der Waals surface area contributed by atoms with Gasteiger partial charge in [0.1, 0.15) is 11.5 Å². The van der Waals surface area contributed by atoms with E-state index in [2.05, 4.69) is 6.92 Å². The highest BCUT2D eigenvalue weighted by Gasteiger charge is 2.19. The first-order valence-corrected chi connectivity index (χ1v) is 11.5. The quantitative estimate of drug-likeness (QED) is 0.197. The fourth-order valence-electron chi connectivity index (χ4n) is 3.56. The minimum absolute atomic E-state index is 0.360. The van der Waals surface area contributed by atoms with Gasteiger partial charge < -0.3 is 9.47 Å². The van der Waals surface area contributed by atoms with Crippen LogP contribution in [0.25, 0.3) is 0 Å². The standard InChI is InChI=1S/C28H33O3/c1-2-3-4-5-6-7-8-11-22-30-26-18-20-27(21-19-26)31-28(29)25-16-14-24(15-17-25)23-12-9-10-13-23/h9-10,12-21H,2-8,11,22H2,1H3. The van der Waals surface area contributed by atoms with Gasteiger partial charge >= 0.3 is 5.97 Å². The van der Waals surface area contributed by atoms with Gasteiger partial charge in [0.2, 0.25) is 0 Å². The fraction of sp³-hybridized carbons (Fsp3) is 0.357. The van der Waals surface area contributed by atoms with Crippen LogP contribution in [0.3, 0.4) is 0 Å². The van der Waals surface area contributed by atoms with E-state index in [0.29, 0.717) is 11.3 Å². The van der Waals surface area contributed by atoms with Crippen molar-refractivity contribution in [1.82, 2.24) is 0 Å². The summed E-state index contributed by atoms with van der Waals surface area (Å²) in [6.45, 7) is 2.97. The molecule has 1 fully saturated rings. The fourth-order valence-corrected chi connectivity index (χ4v) is 3.56. The first kappa shape index (κ1) is 23.4. The van der Waals surface area contributed by atoms with Crippen LogP contribution in [0.5, 0.6) is 11.5 Å². The molecule has 0 amide bonds. The molecule has 5 radical (unpaired) electrons. The Morgan fingerprint density at radius 1 is 0.710 bits per heavy atom. The van der Waals surface area contributed by atoms with Crippen LogP contribution in [-0.2, 0) is 0 Å². The van der Waals surface area contributed by atoms with Crippen LogP contribution in [0.4, 0.5) is 0 Å². The Labute approximate surface area is 188 Å². The van der Waals surface area contributed by atoms with E-state index in [4.69, 9.17) is 9.47 Å². The molecule has 163 valence electrons. The molecule has 1 aliphatic rings. The molecule has 2 aromatic rings. The third kappa shape index (κ3) is 8.05. The maximum Gasteiger partial charge on any atom is 0.343 e. The minimum atomic E-state index is -0.360. The number of esters is 1. The summed E-state index contributed by atoms with van der Waals surface area (Å²) in [6, 6.07) is 14.7. The molecule has 1 aliphatic carbocycles.